The summed E-state index contributed by atoms with van der Waals surface area (Å²) in [6, 6.07) is 3.55. The van der Waals surface area contributed by atoms with Crippen molar-refractivity contribution in [3.05, 3.63) is 55.1 Å². The molecule has 4 heterocycles. The Balaban J connectivity index is 0.000000144. The van der Waals surface area contributed by atoms with E-state index in [1.54, 1.807) is 35.2 Å². The molecule has 0 unspecified atom stereocenters. The summed E-state index contributed by atoms with van der Waals surface area (Å²) >= 11 is 0. The van der Waals surface area contributed by atoms with Crippen LogP contribution in [0.15, 0.2) is 49.4 Å². The Bertz CT molecular complexity index is 846. The summed E-state index contributed by atoms with van der Waals surface area (Å²) in [5.41, 5.74) is 9.00. The minimum Gasteiger partial charge on any atom is -0.399 e. The third-order valence-corrected chi connectivity index (χ3v) is 2.81. The molecule has 0 saturated heterocycles. The molecule has 4 rings (SSSR count). The van der Waals surface area contributed by atoms with Crippen LogP contribution < -0.4 is 5.73 Å². The number of nitrogen functional groups attached to an aromatic ring is 1. The Morgan fingerprint density at radius 2 is 1.86 bits per heavy atom. The number of imidazole rings is 1. The van der Waals surface area contributed by atoms with Crippen molar-refractivity contribution in [2.24, 2.45) is 0 Å². The quantitative estimate of drug-likeness (QED) is 0.538. The summed E-state index contributed by atoms with van der Waals surface area (Å²) in [6.45, 7) is 6.00. The standard InChI is InChI=1S/C7H7N3.C6H6N4.C2H6/c1-6-4-8-5-7-9-2-3-10(6)7;7-5-1-2-10-6(3-5)8-4-9-10;1-2/h2-5H,1H3;1-4H,7H2;1-2H3. The van der Waals surface area contributed by atoms with Gasteiger partial charge in [-0.3, -0.25) is 4.98 Å². The molecule has 7 heteroatoms. The Kier molecular flexibility index (Phi) is 5.02. The number of nitrogens with zero attached hydrogens (tertiary/aromatic N) is 6. The first-order valence-electron chi connectivity index (χ1n) is 7.02. The van der Waals surface area contributed by atoms with E-state index in [-0.39, 0.29) is 0 Å². The molecule has 0 atom stereocenters. The number of aryl methyl sites for hydroxylation is 1. The molecule has 0 saturated carbocycles. The third-order valence-electron chi connectivity index (χ3n) is 2.81. The van der Waals surface area contributed by atoms with E-state index in [2.05, 4.69) is 20.1 Å². The first kappa shape index (κ1) is 15.4. The highest BCUT2D eigenvalue weighted by Gasteiger charge is 1.93. The summed E-state index contributed by atoms with van der Waals surface area (Å²) in [4.78, 5) is 12.0. The lowest BCUT2D eigenvalue weighted by Gasteiger charge is -1.94. The fourth-order valence-electron chi connectivity index (χ4n) is 1.81. The lowest BCUT2D eigenvalue weighted by molar-refractivity contribution is 0.962. The van der Waals surface area contributed by atoms with Gasteiger partial charge < -0.3 is 10.1 Å². The van der Waals surface area contributed by atoms with Crippen molar-refractivity contribution in [1.82, 2.24) is 29.0 Å². The maximum absolute atomic E-state index is 5.50. The van der Waals surface area contributed by atoms with Gasteiger partial charge in [0.1, 0.15) is 6.33 Å². The molecule has 114 valence electrons. The fourth-order valence-corrected chi connectivity index (χ4v) is 1.81. The lowest BCUT2D eigenvalue weighted by atomic mass is 10.4. The molecule has 0 amide bonds. The minimum absolute atomic E-state index is 0.709. The molecule has 4 aromatic heterocycles. The van der Waals surface area contributed by atoms with E-state index in [1.165, 1.54) is 6.33 Å². The van der Waals surface area contributed by atoms with Crippen molar-refractivity contribution < 1.29 is 0 Å². The molecule has 22 heavy (non-hydrogen) atoms. The Morgan fingerprint density at radius 3 is 2.64 bits per heavy atom. The predicted molar refractivity (Wildman–Crippen MR) is 86.5 cm³/mol. The summed E-state index contributed by atoms with van der Waals surface area (Å²) in [6.07, 6.45) is 10.5. The summed E-state index contributed by atoms with van der Waals surface area (Å²) in [5.74, 6) is 0. The molecule has 0 aromatic carbocycles. The van der Waals surface area contributed by atoms with Gasteiger partial charge >= 0.3 is 0 Å². The number of rotatable bonds is 0. The van der Waals surface area contributed by atoms with Crippen molar-refractivity contribution in [3.8, 4) is 0 Å². The number of hydrogen-bond acceptors (Lipinski definition) is 5. The van der Waals surface area contributed by atoms with Crippen LogP contribution in [0, 0.1) is 6.92 Å². The van der Waals surface area contributed by atoms with Gasteiger partial charge in [0.15, 0.2) is 11.3 Å². The zero-order valence-corrected chi connectivity index (χ0v) is 12.9. The van der Waals surface area contributed by atoms with Crippen molar-refractivity contribution in [2.45, 2.75) is 20.8 Å². The maximum Gasteiger partial charge on any atom is 0.157 e. The molecule has 2 N–H and O–H groups in total. The molecule has 0 fully saturated rings. The molecular weight excluding hydrogens is 278 g/mol. The fraction of sp³-hybridized carbons (Fsp3) is 0.200. The third kappa shape index (κ3) is 3.38. The smallest absolute Gasteiger partial charge is 0.157 e. The van der Waals surface area contributed by atoms with Crippen LogP contribution in [0.5, 0.6) is 0 Å². The second-order valence-electron chi connectivity index (χ2n) is 4.23. The normalized spacial score (nSPS) is 9.77. The Labute approximate surface area is 128 Å². The Morgan fingerprint density at radius 1 is 1.05 bits per heavy atom. The highest BCUT2D eigenvalue weighted by Crippen LogP contribution is 2.03. The van der Waals surface area contributed by atoms with E-state index in [9.17, 15) is 0 Å². The van der Waals surface area contributed by atoms with Crippen LogP contribution >= 0.6 is 0 Å². The van der Waals surface area contributed by atoms with Crippen LogP contribution in [0.1, 0.15) is 19.5 Å². The first-order chi connectivity index (χ1) is 10.7. The highest BCUT2D eigenvalue weighted by molar-refractivity contribution is 5.50. The maximum atomic E-state index is 5.50. The van der Waals surface area contributed by atoms with Crippen LogP contribution in [0.3, 0.4) is 0 Å². The van der Waals surface area contributed by atoms with E-state index in [0.717, 1.165) is 17.0 Å². The highest BCUT2D eigenvalue weighted by atomic mass is 15.3. The molecule has 7 nitrogen and oxygen atoms in total. The predicted octanol–water partition coefficient (Wildman–Crippen LogP) is 2.38. The van der Waals surface area contributed by atoms with Crippen LogP contribution in [0.2, 0.25) is 0 Å². The van der Waals surface area contributed by atoms with Crippen LogP contribution in [0.4, 0.5) is 5.69 Å². The van der Waals surface area contributed by atoms with E-state index in [1.807, 2.05) is 37.6 Å². The Hall–Kier alpha value is -2.96. The largest absolute Gasteiger partial charge is 0.399 e. The van der Waals surface area contributed by atoms with E-state index in [4.69, 9.17) is 5.73 Å². The molecule has 0 bridgehead atoms. The van der Waals surface area contributed by atoms with Crippen molar-refractivity contribution in [2.75, 3.05) is 5.73 Å². The van der Waals surface area contributed by atoms with E-state index < -0.39 is 0 Å². The molecule has 4 aromatic rings. The molecule has 0 aliphatic rings. The zero-order chi connectivity index (χ0) is 15.9. The average Bonchev–Trinajstić information content (AvgIpc) is 3.18. The molecular formula is C15H19N7. The number of aromatic nitrogens is 6. The van der Waals surface area contributed by atoms with Gasteiger partial charge in [0.25, 0.3) is 0 Å². The van der Waals surface area contributed by atoms with Crippen LogP contribution in [-0.2, 0) is 0 Å². The van der Waals surface area contributed by atoms with Gasteiger partial charge in [0.05, 0.1) is 6.20 Å². The second kappa shape index (κ2) is 7.16. The number of pyridine rings is 1. The van der Waals surface area contributed by atoms with E-state index in [0.29, 0.717) is 5.69 Å². The number of anilines is 1. The van der Waals surface area contributed by atoms with Gasteiger partial charge in [0, 0.05) is 42.2 Å². The molecule has 0 radical (unpaired) electrons. The van der Waals surface area contributed by atoms with Gasteiger partial charge in [-0.1, -0.05) is 13.8 Å². The zero-order valence-electron chi connectivity index (χ0n) is 12.9. The van der Waals surface area contributed by atoms with Crippen LogP contribution in [0.25, 0.3) is 11.3 Å². The number of fused-ring (bicyclic) bond motifs is 2. The van der Waals surface area contributed by atoms with Gasteiger partial charge in [-0.15, -0.1) is 0 Å². The van der Waals surface area contributed by atoms with Crippen molar-refractivity contribution >= 4 is 17.0 Å². The monoisotopic (exact) mass is 297 g/mol. The summed E-state index contributed by atoms with van der Waals surface area (Å²) in [7, 11) is 0. The topological polar surface area (TPSA) is 86.4 Å². The van der Waals surface area contributed by atoms with Gasteiger partial charge in [-0.05, 0) is 13.0 Å². The van der Waals surface area contributed by atoms with Gasteiger partial charge in [-0.2, -0.15) is 5.10 Å². The average molecular weight is 297 g/mol. The summed E-state index contributed by atoms with van der Waals surface area (Å²) in [5, 5.41) is 3.91. The first-order valence-corrected chi connectivity index (χ1v) is 7.02. The molecule has 0 aliphatic carbocycles. The van der Waals surface area contributed by atoms with Crippen molar-refractivity contribution in [1.29, 1.82) is 0 Å². The van der Waals surface area contributed by atoms with Gasteiger partial charge in [0.2, 0.25) is 0 Å². The molecule has 0 aliphatic heterocycles. The van der Waals surface area contributed by atoms with Gasteiger partial charge in [-0.25, -0.2) is 14.5 Å². The van der Waals surface area contributed by atoms with Crippen molar-refractivity contribution in [3.63, 3.8) is 0 Å². The minimum atomic E-state index is 0.709. The lowest BCUT2D eigenvalue weighted by Crippen LogP contribution is -1.89. The summed E-state index contributed by atoms with van der Waals surface area (Å²) < 4.78 is 3.66. The molecule has 0 spiro atoms. The van der Waals surface area contributed by atoms with Crippen LogP contribution in [-0.4, -0.2) is 29.0 Å². The van der Waals surface area contributed by atoms with E-state index >= 15 is 0 Å². The number of nitrogens with two attached hydrogens (primary N) is 1. The number of hydrogen-bond donors (Lipinski definition) is 1. The second-order valence-corrected chi connectivity index (χ2v) is 4.23. The SMILES string of the molecule is CC.Cc1cncc2nccn12.Nc1ccn2ncnc2c1.